The first kappa shape index (κ1) is 20.3. The van der Waals surface area contributed by atoms with E-state index in [4.69, 9.17) is 9.15 Å². The minimum absolute atomic E-state index is 0.0910. The molecule has 2 amide bonds. The zero-order chi connectivity index (χ0) is 22.3. The summed E-state index contributed by atoms with van der Waals surface area (Å²) in [5, 5.41) is 0.827. The van der Waals surface area contributed by atoms with Crippen LogP contribution in [0, 0.1) is 0 Å². The Morgan fingerprint density at radius 2 is 1.84 bits per heavy atom. The molecule has 0 N–H and O–H groups in total. The van der Waals surface area contributed by atoms with Crippen molar-refractivity contribution < 1.29 is 18.7 Å². The third-order valence-corrected chi connectivity index (χ3v) is 6.39. The number of likely N-dealkylation sites (N-methyl/N-ethyl adjacent to an activating group) is 1. The number of fused-ring (bicyclic) bond motifs is 1. The maximum atomic E-state index is 13.3. The summed E-state index contributed by atoms with van der Waals surface area (Å²) in [5.41, 5.74) is 1.18. The van der Waals surface area contributed by atoms with E-state index in [0.29, 0.717) is 48.3 Å². The lowest BCUT2D eigenvalue weighted by atomic mass is 9.95. The summed E-state index contributed by atoms with van der Waals surface area (Å²) < 4.78 is 11.1. The van der Waals surface area contributed by atoms with E-state index < -0.39 is 11.2 Å². The van der Waals surface area contributed by atoms with Crippen molar-refractivity contribution in [3.63, 3.8) is 0 Å². The van der Waals surface area contributed by atoms with E-state index in [0.717, 1.165) is 18.2 Å². The van der Waals surface area contributed by atoms with Crippen LogP contribution in [0.5, 0.6) is 0 Å². The number of carbonyl (C=O) groups excluding carboxylic acids is 2. The first-order valence-corrected chi connectivity index (χ1v) is 10.8. The van der Waals surface area contributed by atoms with Crippen molar-refractivity contribution in [2.45, 2.75) is 24.9 Å². The SMILES string of the molecule is CN1CC2(CCCN(C(=O)c3cccc(-c4cc5ccccc5oc4=O)c3)CC2)OC1=O. The summed E-state index contributed by atoms with van der Waals surface area (Å²) in [4.78, 5) is 41.1. The highest BCUT2D eigenvalue weighted by Gasteiger charge is 2.44. The second kappa shape index (κ2) is 7.82. The molecule has 1 atom stereocenters. The molecule has 0 saturated carbocycles. The Morgan fingerprint density at radius 1 is 1.00 bits per heavy atom. The molecule has 2 aromatic carbocycles. The zero-order valence-corrected chi connectivity index (χ0v) is 17.9. The van der Waals surface area contributed by atoms with E-state index in [1.807, 2.05) is 29.2 Å². The van der Waals surface area contributed by atoms with E-state index in [9.17, 15) is 14.4 Å². The van der Waals surface area contributed by atoms with Crippen molar-refractivity contribution in [1.82, 2.24) is 9.80 Å². The normalized spacial score (nSPS) is 21.1. The van der Waals surface area contributed by atoms with Crippen LogP contribution in [0.3, 0.4) is 0 Å². The minimum Gasteiger partial charge on any atom is -0.441 e. The number of carbonyl (C=O) groups is 2. The minimum atomic E-state index is -0.507. The lowest BCUT2D eigenvalue weighted by Crippen LogP contribution is -2.36. The smallest absolute Gasteiger partial charge is 0.410 e. The first-order valence-electron chi connectivity index (χ1n) is 10.8. The Kier molecular flexibility index (Phi) is 4.96. The number of likely N-dealkylation sites (tertiary alicyclic amines) is 1. The van der Waals surface area contributed by atoms with Crippen LogP contribution in [0.1, 0.15) is 29.6 Å². The molecule has 2 aliphatic heterocycles. The van der Waals surface area contributed by atoms with Gasteiger partial charge in [0.25, 0.3) is 5.91 Å². The van der Waals surface area contributed by atoms with Crippen molar-refractivity contribution in [2.24, 2.45) is 0 Å². The van der Waals surface area contributed by atoms with Crippen LogP contribution in [-0.4, -0.2) is 54.1 Å². The molecule has 0 aliphatic carbocycles. The average Bonchev–Trinajstić information content (AvgIpc) is 2.95. The molecule has 2 saturated heterocycles. The lowest BCUT2D eigenvalue weighted by Gasteiger charge is -2.25. The summed E-state index contributed by atoms with van der Waals surface area (Å²) in [6.45, 7) is 1.67. The number of hydrogen-bond donors (Lipinski definition) is 0. The second-order valence-corrected chi connectivity index (χ2v) is 8.62. The van der Waals surface area contributed by atoms with Crippen molar-refractivity contribution in [2.75, 3.05) is 26.7 Å². The average molecular weight is 432 g/mol. The van der Waals surface area contributed by atoms with Gasteiger partial charge in [0, 0.05) is 37.5 Å². The van der Waals surface area contributed by atoms with Gasteiger partial charge in [-0.3, -0.25) is 4.79 Å². The van der Waals surface area contributed by atoms with E-state index in [1.165, 1.54) is 0 Å². The van der Waals surface area contributed by atoms with E-state index in [-0.39, 0.29) is 12.0 Å². The molecule has 5 rings (SSSR count). The van der Waals surface area contributed by atoms with Gasteiger partial charge in [0.05, 0.1) is 12.1 Å². The molecule has 0 radical (unpaired) electrons. The second-order valence-electron chi connectivity index (χ2n) is 8.62. The van der Waals surface area contributed by atoms with Crippen LogP contribution in [0.4, 0.5) is 4.79 Å². The van der Waals surface area contributed by atoms with Gasteiger partial charge in [-0.15, -0.1) is 0 Å². The lowest BCUT2D eigenvalue weighted by molar-refractivity contribution is 0.0438. The topological polar surface area (TPSA) is 80.1 Å². The number of nitrogens with zero attached hydrogens (tertiary/aromatic N) is 2. The molecule has 2 aliphatic rings. The molecule has 7 heteroatoms. The summed E-state index contributed by atoms with van der Waals surface area (Å²) in [5.74, 6) is -0.0910. The fraction of sp³-hybridized carbons (Fsp3) is 0.320. The fourth-order valence-corrected chi connectivity index (χ4v) is 4.69. The molecule has 1 unspecified atom stereocenters. The number of hydrogen-bond acceptors (Lipinski definition) is 5. The molecule has 3 aromatic rings. The van der Waals surface area contributed by atoms with Crippen molar-refractivity contribution in [3.8, 4) is 11.1 Å². The molecule has 32 heavy (non-hydrogen) atoms. The molecule has 7 nitrogen and oxygen atoms in total. The standard InChI is InChI=1S/C25H24N2O5/c1-26-16-25(32-24(26)30)10-5-12-27(13-11-25)22(28)19-8-4-7-17(14-19)20-15-18-6-2-3-9-21(18)31-23(20)29/h2-4,6-9,14-15H,5,10-13,16H2,1H3. The molecule has 164 valence electrons. The highest BCUT2D eigenvalue weighted by Crippen LogP contribution is 2.33. The van der Waals surface area contributed by atoms with Gasteiger partial charge in [0.15, 0.2) is 0 Å². The molecular weight excluding hydrogens is 408 g/mol. The zero-order valence-electron chi connectivity index (χ0n) is 17.9. The predicted molar refractivity (Wildman–Crippen MR) is 120 cm³/mol. The third kappa shape index (κ3) is 3.64. The molecule has 2 fully saturated rings. The molecular formula is C25H24N2O5. The van der Waals surface area contributed by atoms with Crippen LogP contribution < -0.4 is 5.63 Å². The Labute approximate surface area is 185 Å². The monoisotopic (exact) mass is 432 g/mol. The van der Waals surface area contributed by atoms with Gasteiger partial charge in [-0.05, 0) is 42.7 Å². The number of ether oxygens (including phenoxy) is 1. The van der Waals surface area contributed by atoms with E-state index >= 15 is 0 Å². The van der Waals surface area contributed by atoms with Gasteiger partial charge in [0.2, 0.25) is 0 Å². The van der Waals surface area contributed by atoms with Crippen molar-refractivity contribution in [3.05, 3.63) is 70.6 Å². The van der Waals surface area contributed by atoms with Gasteiger partial charge >= 0.3 is 11.7 Å². The Bertz CT molecular complexity index is 1270. The maximum absolute atomic E-state index is 13.3. The van der Waals surface area contributed by atoms with Crippen LogP contribution >= 0.6 is 0 Å². The van der Waals surface area contributed by atoms with Gasteiger partial charge < -0.3 is 19.0 Å². The Hall–Kier alpha value is -3.61. The van der Waals surface area contributed by atoms with Crippen molar-refractivity contribution in [1.29, 1.82) is 0 Å². The predicted octanol–water partition coefficient (Wildman–Crippen LogP) is 3.91. The van der Waals surface area contributed by atoms with Gasteiger partial charge in [0.1, 0.15) is 11.2 Å². The number of benzene rings is 2. The maximum Gasteiger partial charge on any atom is 0.410 e. The van der Waals surface area contributed by atoms with Gasteiger partial charge in [-0.2, -0.15) is 0 Å². The van der Waals surface area contributed by atoms with Crippen LogP contribution in [0.15, 0.2) is 63.8 Å². The number of para-hydroxylation sites is 1. The quantitative estimate of drug-likeness (QED) is 0.574. The summed E-state index contributed by atoms with van der Waals surface area (Å²) in [6.07, 6.45) is 1.82. The molecule has 3 heterocycles. The highest BCUT2D eigenvalue weighted by molar-refractivity contribution is 5.95. The van der Waals surface area contributed by atoms with Crippen LogP contribution in [-0.2, 0) is 4.74 Å². The third-order valence-electron chi connectivity index (χ3n) is 6.39. The van der Waals surface area contributed by atoms with Gasteiger partial charge in [-0.25, -0.2) is 9.59 Å². The summed E-state index contributed by atoms with van der Waals surface area (Å²) >= 11 is 0. The van der Waals surface area contributed by atoms with Crippen LogP contribution in [0.2, 0.25) is 0 Å². The van der Waals surface area contributed by atoms with Crippen LogP contribution in [0.25, 0.3) is 22.1 Å². The molecule has 0 bridgehead atoms. The van der Waals surface area contributed by atoms with Crippen molar-refractivity contribution >= 4 is 23.0 Å². The summed E-state index contributed by atoms with van der Waals surface area (Å²) in [7, 11) is 1.74. The summed E-state index contributed by atoms with van der Waals surface area (Å²) in [6, 6.07) is 16.2. The first-order chi connectivity index (χ1) is 15.4. The van der Waals surface area contributed by atoms with Gasteiger partial charge in [-0.1, -0.05) is 30.3 Å². The highest BCUT2D eigenvalue weighted by atomic mass is 16.6. The number of amides is 2. The number of rotatable bonds is 2. The Balaban J connectivity index is 1.39. The molecule has 1 spiro atoms. The molecule has 1 aromatic heterocycles. The fourth-order valence-electron chi connectivity index (χ4n) is 4.69. The largest absolute Gasteiger partial charge is 0.441 e. The Morgan fingerprint density at radius 3 is 2.66 bits per heavy atom. The van der Waals surface area contributed by atoms with E-state index in [2.05, 4.69) is 0 Å². The van der Waals surface area contributed by atoms with E-state index in [1.54, 1.807) is 42.3 Å².